The molecule has 5 nitrogen and oxygen atoms in total. The van der Waals surface area contributed by atoms with Crippen molar-refractivity contribution in [2.75, 3.05) is 25.5 Å². The molecule has 2 atom stereocenters. The maximum absolute atomic E-state index is 12.9. The van der Waals surface area contributed by atoms with Crippen LogP contribution in [-0.4, -0.2) is 42.5 Å². The number of benzene rings is 1. The first-order chi connectivity index (χ1) is 12.1. The number of aromatic nitrogens is 1. The van der Waals surface area contributed by atoms with Gasteiger partial charge in [0.2, 0.25) is 0 Å². The zero-order valence-corrected chi connectivity index (χ0v) is 15.1. The molecule has 132 valence electrons. The van der Waals surface area contributed by atoms with E-state index in [-0.39, 0.29) is 11.9 Å². The monoisotopic (exact) mass is 339 g/mol. The lowest BCUT2D eigenvalue weighted by Crippen LogP contribution is -2.40. The second-order valence-electron chi connectivity index (χ2n) is 6.63. The van der Waals surface area contributed by atoms with Crippen molar-refractivity contribution in [1.29, 1.82) is 0 Å². The number of nitrogens with zero attached hydrogens (tertiary/aromatic N) is 3. The van der Waals surface area contributed by atoms with Gasteiger partial charge < -0.3 is 14.5 Å². The van der Waals surface area contributed by atoms with Crippen molar-refractivity contribution in [1.82, 2.24) is 9.88 Å². The van der Waals surface area contributed by atoms with Crippen LogP contribution in [0.2, 0.25) is 0 Å². The van der Waals surface area contributed by atoms with Gasteiger partial charge in [-0.1, -0.05) is 12.1 Å². The third-order valence-electron chi connectivity index (χ3n) is 4.60. The van der Waals surface area contributed by atoms with Crippen molar-refractivity contribution in [2.24, 2.45) is 0 Å². The van der Waals surface area contributed by atoms with E-state index in [9.17, 15) is 4.79 Å². The summed E-state index contributed by atoms with van der Waals surface area (Å²) in [4.78, 5) is 21.0. The lowest BCUT2D eigenvalue weighted by atomic mass is 10.0. The van der Waals surface area contributed by atoms with Crippen molar-refractivity contribution >= 4 is 11.6 Å². The van der Waals surface area contributed by atoms with Crippen LogP contribution >= 0.6 is 0 Å². The van der Waals surface area contributed by atoms with Gasteiger partial charge in [0.05, 0.1) is 12.2 Å². The number of anilines is 1. The SMILES string of the molecule is C[C@@H](Oc1cccnc1)C(=O)N1CCC[C@H]1c1cccc(N(C)C)c1. The molecular formula is C20H25N3O2. The largest absolute Gasteiger partial charge is 0.479 e. The predicted octanol–water partition coefficient (Wildman–Crippen LogP) is 3.28. The molecule has 0 spiro atoms. The lowest BCUT2D eigenvalue weighted by Gasteiger charge is -2.28. The number of amides is 1. The van der Waals surface area contributed by atoms with E-state index in [4.69, 9.17) is 4.74 Å². The Bertz CT molecular complexity index is 718. The van der Waals surface area contributed by atoms with Crippen molar-refractivity contribution in [3.63, 3.8) is 0 Å². The summed E-state index contributed by atoms with van der Waals surface area (Å²) in [5.41, 5.74) is 2.34. The smallest absolute Gasteiger partial charge is 0.263 e. The van der Waals surface area contributed by atoms with E-state index in [1.807, 2.05) is 25.1 Å². The number of ether oxygens (including phenoxy) is 1. The van der Waals surface area contributed by atoms with Crippen LogP contribution in [0.5, 0.6) is 5.75 Å². The Morgan fingerprint density at radius 1 is 1.32 bits per heavy atom. The fourth-order valence-corrected chi connectivity index (χ4v) is 3.29. The molecule has 2 heterocycles. The van der Waals surface area contributed by atoms with Gasteiger partial charge in [-0.25, -0.2) is 0 Å². The highest BCUT2D eigenvalue weighted by molar-refractivity contribution is 5.81. The fourth-order valence-electron chi connectivity index (χ4n) is 3.29. The summed E-state index contributed by atoms with van der Waals surface area (Å²) in [6.45, 7) is 2.58. The molecule has 0 radical (unpaired) electrons. The summed E-state index contributed by atoms with van der Waals surface area (Å²) in [5.74, 6) is 0.648. The topological polar surface area (TPSA) is 45.7 Å². The maximum atomic E-state index is 12.9. The molecule has 0 bridgehead atoms. The Kier molecular flexibility index (Phi) is 5.22. The van der Waals surface area contributed by atoms with Gasteiger partial charge in [-0.05, 0) is 49.6 Å². The van der Waals surface area contributed by atoms with Gasteiger partial charge in [0.25, 0.3) is 5.91 Å². The van der Waals surface area contributed by atoms with Crippen LogP contribution in [0, 0.1) is 0 Å². The van der Waals surface area contributed by atoms with Crippen molar-refractivity contribution in [3.8, 4) is 5.75 Å². The average molecular weight is 339 g/mol. The summed E-state index contributed by atoms with van der Waals surface area (Å²) in [7, 11) is 4.06. The molecule has 1 fully saturated rings. The summed E-state index contributed by atoms with van der Waals surface area (Å²) in [6.07, 6.45) is 4.80. The summed E-state index contributed by atoms with van der Waals surface area (Å²) in [6, 6.07) is 12.2. The minimum Gasteiger partial charge on any atom is -0.479 e. The van der Waals surface area contributed by atoms with Gasteiger partial charge in [-0.3, -0.25) is 9.78 Å². The van der Waals surface area contributed by atoms with Crippen LogP contribution in [0.3, 0.4) is 0 Å². The maximum Gasteiger partial charge on any atom is 0.263 e. The van der Waals surface area contributed by atoms with Crippen LogP contribution in [0.4, 0.5) is 5.69 Å². The standard InChI is InChI=1S/C20H25N3O2/c1-15(25-18-9-5-11-21-14-18)20(24)23-12-6-10-19(23)16-7-4-8-17(13-16)22(2)3/h4-5,7-9,11,13-15,19H,6,10,12H2,1-3H3/t15-,19+/m1/s1. The number of pyridine rings is 1. The predicted molar refractivity (Wildman–Crippen MR) is 98.8 cm³/mol. The molecular weight excluding hydrogens is 314 g/mol. The van der Waals surface area contributed by atoms with Gasteiger partial charge in [0.1, 0.15) is 5.75 Å². The molecule has 2 aromatic rings. The molecule has 1 aromatic carbocycles. The minimum absolute atomic E-state index is 0.0293. The van der Waals surface area contributed by atoms with Crippen LogP contribution in [0.25, 0.3) is 0 Å². The zero-order chi connectivity index (χ0) is 17.8. The Morgan fingerprint density at radius 2 is 2.16 bits per heavy atom. The lowest BCUT2D eigenvalue weighted by molar-refractivity contribution is -0.138. The van der Waals surface area contributed by atoms with E-state index in [0.717, 1.165) is 25.1 Å². The Balaban J connectivity index is 1.74. The van der Waals surface area contributed by atoms with Gasteiger partial charge in [0.15, 0.2) is 6.10 Å². The van der Waals surface area contributed by atoms with E-state index in [2.05, 4.69) is 34.1 Å². The first-order valence-corrected chi connectivity index (χ1v) is 8.70. The number of likely N-dealkylation sites (tertiary alicyclic amines) is 1. The summed E-state index contributed by atoms with van der Waals surface area (Å²) < 4.78 is 5.77. The second-order valence-corrected chi connectivity index (χ2v) is 6.63. The molecule has 1 amide bonds. The third-order valence-corrected chi connectivity index (χ3v) is 4.60. The average Bonchev–Trinajstić information content (AvgIpc) is 3.11. The van der Waals surface area contributed by atoms with E-state index in [1.165, 1.54) is 5.56 Å². The van der Waals surface area contributed by atoms with Crippen molar-refractivity contribution < 1.29 is 9.53 Å². The normalized spacial score (nSPS) is 18.0. The molecule has 0 saturated carbocycles. The molecule has 0 aliphatic carbocycles. The quantitative estimate of drug-likeness (QED) is 0.839. The molecule has 0 unspecified atom stereocenters. The third kappa shape index (κ3) is 3.92. The van der Waals surface area contributed by atoms with Crippen molar-refractivity contribution in [2.45, 2.75) is 31.9 Å². The number of hydrogen-bond acceptors (Lipinski definition) is 4. The Morgan fingerprint density at radius 3 is 2.88 bits per heavy atom. The van der Waals surface area contributed by atoms with Gasteiger partial charge >= 0.3 is 0 Å². The molecule has 1 saturated heterocycles. The van der Waals surface area contributed by atoms with Crippen LogP contribution in [0.15, 0.2) is 48.8 Å². The molecule has 25 heavy (non-hydrogen) atoms. The van der Waals surface area contributed by atoms with Crippen LogP contribution < -0.4 is 9.64 Å². The minimum atomic E-state index is -0.526. The molecule has 0 N–H and O–H groups in total. The van der Waals surface area contributed by atoms with Gasteiger partial charge in [0, 0.05) is 32.5 Å². The second kappa shape index (κ2) is 7.55. The first-order valence-electron chi connectivity index (χ1n) is 8.70. The van der Waals surface area contributed by atoms with E-state index >= 15 is 0 Å². The molecule has 1 aliphatic rings. The number of carbonyl (C=O) groups is 1. The van der Waals surface area contributed by atoms with E-state index < -0.39 is 6.10 Å². The molecule has 1 aromatic heterocycles. The molecule has 1 aliphatic heterocycles. The summed E-state index contributed by atoms with van der Waals surface area (Å²) in [5, 5.41) is 0. The first kappa shape index (κ1) is 17.3. The number of carbonyl (C=O) groups excluding carboxylic acids is 1. The molecule has 3 rings (SSSR count). The zero-order valence-electron chi connectivity index (χ0n) is 15.1. The molecule has 5 heteroatoms. The number of hydrogen-bond donors (Lipinski definition) is 0. The highest BCUT2D eigenvalue weighted by Gasteiger charge is 2.33. The van der Waals surface area contributed by atoms with Crippen molar-refractivity contribution in [3.05, 3.63) is 54.4 Å². The van der Waals surface area contributed by atoms with E-state index in [0.29, 0.717) is 5.75 Å². The van der Waals surface area contributed by atoms with E-state index in [1.54, 1.807) is 25.4 Å². The fraction of sp³-hybridized carbons (Fsp3) is 0.400. The summed E-state index contributed by atoms with van der Waals surface area (Å²) >= 11 is 0. The highest BCUT2D eigenvalue weighted by atomic mass is 16.5. The number of rotatable bonds is 5. The Labute approximate surface area is 149 Å². The van der Waals surface area contributed by atoms with Gasteiger partial charge in [-0.15, -0.1) is 0 Å². The van der Waals surface area contributed by atoms with Crippen LogP contribution in [0.1, 0.15) is 31.4 Å². The van der Waals surface area contributed by atoms with Crippen LogP contribution in [-0.2, 0) is 4.79 Å². The van der Waals surface area contributed by atoms with Gasteiger partial charge in [-0.2, -0.15) is 0 Å². The Hall–Kier alpha value is -2.56. The highest BCUT2D eigenvalue weighted by Crippen LogP contribution is 2.34.